The zero-order chi connectivity index (χ0) is 11.8. The molecule has 17 heavy (non-hydrogen) atoms. The molecule has 0 bridgehead atoms. The quantitative estimate of drug-likeness (QED) is 0.690. The smallest absolute Gasteiger partial charge is 0.184 e. The second-order valence-electron chi connectivity index (χ2n) is 4.00. The summed E-state index contributed by atoms with van der Waals surface area (Å²) in [4.78, 5) is 0. The van der Waals surface area contributed by atoms with E-state index in [0.717, 1.165) is 11.4 Å². The van der Waals surface area contributed by atoms with Gasteiger partial charge in [0, 0.05) is 11.8 Å². The molecule has 0 spiro atoms. The van der Waals surface area contributed by atoms with Crippen LogP contribution in [0.15, 0.2) is 42.6 Å². The van der Waals surface area contributed by atoms with Gasteiger partial charge < -0.3 is 5.73 Å². The van der Waals surface area contributed by atoms with Gasteiger partial charge in [-0.3, -0.25) is 4.40 Å². The number of pyridine rings is 1. The molecule has 0 unspecified atom stereocenters. The number of aromatic nitrogens is 3. The van der Waals surface area contributed by atoms with Crippen molar-refractivity contribution in [1.29, 1.82) is 0 Å². The van der Waals surface area contributed by atoms with Gasteiger partial charge in [0.05, 0.1) is 5.69 Å². The third kappa shape index (κ3) is 1.45. The predicted octanol–water partition coefficient (Wildman–Crippen LogP) is 2.29. The van der Waals surface area contributed by atoms with E-state index in [1.165, 1.54) is 5.56 Å². The van der Waals surface area contributed by atoms with E-state index < -0.39 is 0 Å². The van der Waals surface area contributed by atoms with E-state index in [1.807, 2.05) is 40.9 Å². The van der Waals surface area contributed by atoms with Gasteiger partial charge in [0.1, 0.15) is 0 Å². The predicted molar refractivity (Wildman–Crippen MR) is 67.6 cm³/mol. The molecule has 0 aliphatic carbocycles. The lowest BCUT2D eigenvalue weighted by molar-refractivity contribution is 1.11. The number of hydrogen-bond donors (Lipinski definition) is 1. The van der Waals surface area contributed by atoms with Crippen LogP contribution in [0.5, 0.6) is 0 Å². The SMILES string of the molecule is Cc1ccccc1-c1nnc2c(N)cccn12. The molecule has 1 aromatic carbocycles. The summed E-state index contributed by atoms with van der Waals surface area (Å²) in [6.45, 7) is 2.06. The molecule has 0 fully saturated rings. The summed E-state index contributed by atoms with van der Waals surface area (Å²) in [6, 6.07) is 11.8. The number of nitrogens with zero attached hydrogens (tertiary/aromatic N) is 3. The van der Waals surface area contributed by atoms with Crippen LogP contribution in [-0.4, -0.2) is 14.6 Å². The van der Waals surface area contributed by atoms with Gasteiger partial charge in [-0.1, -0.05) is 24.3 Å². The van der Waals surface area contributed by atoms with Crippen molar-refractivity contribution in [2.24, 2.45) is 0 Å². The third-order valence-corrected chi connectivity index (χ3v) is 2.85. The van der Waals surface area contributed by atoms with Gasteiger partial charge in [-0.05, 0) is 24.6 Å². The second-order valence-corrected chi connectivity index (χ2v) is 4.00. The van der Waals surface area contributed by atoms with E-state index in [4.69, 9.17) is 5.73 Å². The highest BCUT2D eigenvalue weighted by Crippen LogP contribution is 2.23. The van der Waals surface area contributed by atoms with Crippen LogP contribution in [0.25, 0.3) is 17.0 Å². The van der Waals surface area contributed by atoms with Gasteiger partial charge in [-0.2, -0.15) is 0 Å². The fourth-order valence-corrected chi connectivity index (χ4v) is 1.94. The van der Waals surface area contributed by atoms with Crippen LogP contribution in [-0.2, 0) is 0 Å². The molecule has 0 aliphatic heterocycles. The summed E-state index contributed by atoms with van der Waals surface area (Å²) in [5.74, 6) is 0.824. The van der Waals surface area contributed by atoms with Crippen molar-refractivity contribution in [3.8, 4) is 11.4 Å². The van der Waals surface area contributed by atoms with Crippen molar-refractivity contribution < 1.29 is 0 Å². The Kier molecular flexibility index (Phi) is 2.08. The molecule has 2 heterocycles. The normalized spacial score (nSPS) is 10.9. The van der Waals surface area contributed by atoms with Crippen LogP contribution in [0.3, 0.4) is 0 Å². The molecule has 0 radical (unpaired) electrons. The summed E-state index contributed by atoms with van der Waals surface area (Å²) in [5.41, 5.74) is 9.45. The first-order chi connectivity index (χ1) is 8.27. The van der Waals surface area contributed by atoms with Gasteiger partial charge in [0.25, 0.3) is 0 Å². The lowest BCUT2D eigenvalue weighted by atomic mass is 10.1. The van der Waals surface area contributed by atoms with Gasteiger partial charge in [0.15, 0.2) is 11.5 Å². The fourth-order valence-electron chi connectivity index (χ4n) is 1.94. The van der Waals surface area contributed by atoms with Gasteiger partial charge in [-0.25, -0.2) is 0 Å². The Hall–Kier alpha value is -2.36. The molecule has 0 saturated carbocycles. The van der Waals surface area contributed by atoms with Crippen LogP contribution in [0.4, 0.5) is 5.69 Å². The van der Waals surface area contributed by atoms with Crippen LogP contribution in [0.1, 0.15) is 5.56 Å². The maximum atomic E-state index is 5.86. The monoisotopic (exact) mass is 224 g/mol. The Morgan fingerprint density at radius 1 is 1.06 bits per heavy atom. The van der Waals surface area contributed by atoms with Crippen LogP contribution < -0.4 is 5.73 Å². The number of benzene rings is 1. The first kappa shape index (κ1) is 9.84. The molecular weight excluding hydrogens is 212 g/mol. The van der Waals surface area contributed by atoms with E-state index in [0.29, 0.717) is 11.3 Å². The Bertz CT molecular complexity index is 685. The van der Waals surface area contributed by atoms with E-state index in [9.17, 15) is 0 Å². The standard InChI is InChI=1S/C13H12N4/c1-9-5-2-3-6-10(9)12-15-16-13-11(14)7-4-8-17(12)13/h2-8H,14H2,1H3. The molecule has 3 rings (SSSR count). The summed E-state index contributed by atoms with van der Waals surface area (Å²) >= 11 is 0. The van der Waals surface area contributed by atoms with Crippen molar-refractivity contribution in [3.05, 3.63) is 48.2 Å². The van der Waals surface area contributed by atoms with Crippen LogP contribution in [0, 0.1) is 6.92 Å². The summed E-state index contributed by atoms with van der Waals surface area (Å²) in [6.07, 6.45) is 1.92. The van der Waals surface area contributed by atoms with Gasteiger partial charge in [0.2, 0.25) is 0 Å². The fraction of sp³-hybridized carbons (Fsp3) is 0.0769. The van der Waals surface area contributed by atoms with Crippen molar-refractivity contribution in [1.82, 2.24) is 14.6 Å². The number of rotatable bonds is 1. The number of fused-ring (bicyclic) bond motifs is 1. The molecule has 84 valence electrons. The number of nitrogen functional groups attached to an aromatic ring is 1. The molecule has 0 atom stereocenters. The number of anilines is 1. The largest absolute Gasteiger partial charge is 0.396 e. The Balaban J connectivity index is 2.33. The minimum absolute atomic E-state index is 0.639. The second kappa shape index (κ2) is 3.59. The molecule has 0 aliphatic rings. The van der Waals surface area contributed by atoms with E-state index in [-0.39, 0.29) is 0 Å². The Morgan fingerprint density at radius 2 is 1.88 bits per heavy atom. The van der Waals surface area contributed by atoms with Gasteiger partial charge >= 0.3 is 0 Å². The minimum Gasteiger partial charge on any atom is -0.396 e. The van der Waals surface area contributed by atoms with E-state index in [1.54, 1.807) is 0 Å². The van der Waals surface area contributed by atoms with Crippen LogP contribution >= 0.6 is 0 Å². The average Bonchev–Trinajstić information content (AvgIpc) is 2.75. The maximum Gasteiger partial charge on any atom is 0.184 e. The molecular formula is C13H12N4. The highest BCUT2D eigenvalue weighted by atomic mass is 15.2. The lowest BCUT2D eigenvalue weighted by Gasteiger charge is -2.03. The van der Waals surface area contributed by atoms with Crippen molar-refractivity contribution in [3.63, 3.8) is 0 Å². The van der Waals surface area contributed by atoms with Crippen molar-refractivity contribution >= 4 is 11.3 Å². The van der Waals surface area contributed by atoms with Crippen molar-refractivity contribution in [2.45, 2.75) is 6.92 Å². The van der Waals surface area contributed by atoms with E-state index >= 15 is 0 Å². The first-order valence-corrected chi connectivity index (χ1v) is 5.42. The molecule has 4 heteroatoms. The molecule has 0 saturated heterocycles. The first-order valence-electron chi connectivity index (χ1n) is 5.42. The van der Waals surface area contributed by atoms with E-state index in [2.05, 4.69) is 23.2 Å². The Morgan fingerprint density at radius 3 is 2.71 bits per heavy atom. The minimum atomic E-state index is 0.639. The van der Waals surface area contributed by atoms with Crippen molar-refractivity contribution in [2.75, 3.05) is 5.73 Å². The third-order valence-electron chi connectivity index (χ3n) is 2.85. The maximum absolute atomic E-state index is 5.86. The molecule has 2 aromatic heterocycles. The highest BCUT2D eigenvalue weighted by molar-refractivity contribution is 5.70. The molecule has 0 amide bonds. The van der Waals surface area contributed by atoms with Gasteiger partial charge in [-0.15, -0.1) is 10.2 Å². The zero-order valence-corrected chi connectivity index (χ0v) is 9.46. The Labute approximate surface area is 98.7 Å². The van der Waals surface area contributed by atoms with Crippen LogP contribution in [0.2, 0.25) is 0 Å². The number of nitrogens with two attached hydrogens (primary N) is 1. The number of hydrogen-bond acceptors (Lipinski definition) is 3. The summed E-state index contributed by atoms with van der Waals surface area (Å²) < 4.78 is 1.91. The average molecular weight is 224 g/mol. The highest BCUT2D eigenvalue weighted by Gasteiger charge is 2.10. The zero-order valence-electron chi connectivity index (χ0n) is 9.46. The molecule has 2 N–H and O–H groups in total. The lowest BCUT2D eigenvalue weighted by Crippen LogP contribution is -1.94. The summed E-state index contributed by atoms with van der Waals surface area (Å²) in [5, 5.41) is 8.34. The summed E-state index contributed by atoms with van der Waals surface area (Å²) in [7, 11) is 0. The molecule has 3 aromatic rings. The number of aryl methyl sites for hydroxylation is 1. The topological polar surface area (TPSA) is 56.2 Å². The molecule has 4 nitrogen and oxygen atoms in total.